The fourth-order valence-corrected chi connectivity index (χ4v) is 0.689. The molecular formula is C6H8N4O4. The highest BCUT2D eigenvalue weighted by Gasteiger charge is 2.05. The van der Waals surface area contributed by atoms with E-state index in [2.05, 4.69) is 9.84 Å². The Morgan fingerprint density at radius 3 is 2.79 bits per heavy atom. The summed E-state index contributed by atoms with van der Waals surface area (Å²) >= 11 is 0. The van der Waals surface area contributed by atoms with Crippen LogP contribution in [0, 0.1) is 0 Å². The number of hydrogen-bond acceptors (Lipinski definition) is 4. The minimum atomic E-state index is -1.38. The maximum Gasteiger partial charge on any atom is 0.431 e. The molecule has 0 fully saturated rings. The van der Waals surface area contributed by atoms with Crippen molar-refractivity contribution in [3.8, 4) is 5.75 Å². The first-order valence-electron chi connectivity index (χ1n) is 3.53. The molecule has 0 unspecified atom stereocenters. The first kappa shape index (κ1) is 9.84. The number of hydrazine groups is 1. The van der Waals surface area contributed by atoms with E-state index in [9.17, 15) is 9.59 Å². The molecule has 8 nitrogen and oxygen atoms in total. The zero-order valence-corrected chi connectivity index (χ0v) is 7.22. The van der Waals surface area contributed by atoms with E-state index in [1.165, 1.54) is 17.1 Å². The lowest BCUT2D eigenvalue weighted by Crippen LogP contribution is -2.42. The Labute approximate surface area is 78.4 Å². The lowest BCUT2D eigenvalue weighted by Gasteiger charge is -2.02. The summed E-state index contributed by atoms with van der Waals surface area (Å²) in [4.78, 5) is 20.8. The van der Waals surface area contributed by atoms with Gasteiger partial charge in [0.15, 0.2) is 5.75 Å². The van der Waals surface area contributed by atoms with Crippen LogP contribution in [0.5, 0.6) is 5.75 Å². The number of carbonyl (C=O) groups is 2. The molecule has 0 saturated carbocycles. The van der Waals surface area contributed by atoms with Crippen LogP contribution >= 0.6 is 0 Å². The van der Waals surface area contributed by atoms with Crippen molar-refractivity contribution in [2.24, 2.45) is 7.05 Å². The lowest BCUT2D eigenvalue weighted by molar-refractivity contribution is 0.175. The molecule has 0 aliphatic rings. The summed E-state index contributed by atoms with van der Waals surface area (Å²) in [5.41, 5.74) is 3.43. The monoisotopic (exact) mass is 200 g/mol. The van der Waals surface area contributed by atoms with E-state index in [-0.39, 0.29) is 5.75 Å². The van der Waals surface area contributed by atoms with Crippen LogP contribution in [0.2, 0.25) is 0 Å². The number of amides is 2. The van der Waals surface area contributed by atoms with Gasteiger partial charge in [0.25, 0.3) is 0 Å². The van der Waals surface area contributed by atoms with Gasteiger partial charge in [0.05, 0.1) is 12.4 Å². The molecule has 0 aliphatic heterocycles. The number of ether oxygens (including phenoxy) is 1. The molecule has 3 N–H and O–H groups in total. The normalized spacial score (nSPS) is 9.21. The molecule has 0 spiro atoms. The molecule has 0 aromatic carbocycles. The maximum atomic E-state index is 10.8. The van der Waals surface area contributed by atoms with Crippen molar-refractivity contribution in [1.29, 1.82) is 0 Å². The van der Waals surface area contributed by atoms with E-state index in [1.54, 1.807) is 17.9 Å². The molecule has 14 heavy (non-hydrogen) atoms. The maximum absolute atomic E-state index is 10.8. The summed E-state index contributed by atoms with van der Waals surface area (Å²) in [5, 5.41) is 11.9. The van der Waals surface area contributed by atoms with Crippen molar-refractivity contribution in [3.63, 3.8) is 0 Å². The molecule has 8 heteroatoms. The van der Waals surface area contributed by atoms with Gasteiger partial charge in [-0.1, -0.05) is 0 Å². The Morgan fingerprint density at radius 1 is 1.57 bits per heavy atom. The first-order chi connectivity index (χ1) is 6.58. The molecule has 1 aromatic rings. The standard InChI is InChI=1S/C6H8N4O4/c1-10-3-4(2-7-10)14-6(13)9-8-5(11)12/h2-3,8H,1H3,(H,9,13)(H,11,12). The third-order valence-corrected chi connectivity index (χ3v) is 1.16. The molecule has 0 aliphatic carbocycles. The number of aryl methyl sites for hydroxylation is 1. The van der Waals surface area contributed by atoms with E-state index >= 15 is 0 Å². The van der Waals surface area contributed by atoms with Crippen LogP contribution in [0.4, 0.5) is 9.59 Å². The summed E-state index contributed by atoms with van der Waals surface area (Å²) in [6.45, 7) is 0. The fraction of sp³-hybridized carbons (Fsp3) is 0.167. The van der Waals surface area contributed by atoms with Gasteiger partial charge in [-0.15, -0.1) is 0 Å². The van der Waals surface area contributed by atoms with Crippen molar-refractivity contribution < 1.29 is 19.4 Å². The molecule has 1 aromatic heterocycles. The molecule has 0 atom stereocenters. The van der Waals surface area contributed by atoms with Gasteiger partial charge in [-0.2, -0.15) is 5.10 Å². The highest BCUT2D eigenvalue weighted by molar-refractivity contribution is 5.74. The van der Waals surface area contributed by atoms with Crippen molar-refractivity contribution >= 4 is 12.2 Å². The third kappa shape index (κ3) is 3.01. The minimum absolute atomic E-state index is 0.220. The molecule has 1 heterocycles. The van der Waals surface area contributed by atoms with Gasteiger partial charge in [0.2, 0.25) is 0 Å². The summed E-state index contributed by atoms with van der Waals surface area (Å²) in [7, 11) is 1.65. The highest BCUT2D eigenvalue weighted by atomic mass is 16.6. The first-order valence-corrected chi connectivity index (χ1v) is 3.53. The van der Waals surface area contributed by atoms with Crippen LogP contribution in [-0.4, -0.2) is 27.1 Å². The number of carbonyl (C=O) groups excluding carboxylic acids is 1. The van der Waals surface area contributed by atoms with Crippen LogP contribution in [0.15, 0.2) is 12.4 Å². The third-order valence-electron chi connectivity index (χ3n) is 1.16. The zero-order valence-electron chi connectivity index (χ0n) is 7.22. The second-order valence-corrected chi connectivity index (χ2v) is 2.29. The van der Waals surface area contributed by atoms with Gasteiger partial charge in [0, 0.05) is 7.05 Å². The quantitative estimate of drug-likeness (QED) is 0.539. The van der Waals surface area contributed by atoms with Gasteiger partial charge in [-0.05, 0) is 0 Å². The number of aromatic nitrogens is 2. The number of nitrogens with one attached hydrogen (secondary N) is 2. The van der Waals surface area contributed by atoms with Crippen LogP contribution in [-0.2, 0) is 7.05 Å². The van der Waals surface area contributed by atoms with E-state index < -0.39 is 12.2 Å². The van der Waals surface area contributed by atoms with Gasteiger partial charge in [-0.3, -0.25) is 4.68 Å². The van der Waals surface area contributed by atoms with Crippen LogP contribution in [0.1, 0.15) is 0 Å². The average molecular weight is 200 g/mol. The molecule has 0 bridgehead atoms. The van der Waals surface area contributed by atoms with Gasteiger partial charge >= 0.3 is 12.2 Å². The topological polar surface area (TPSA) is 105 Å². The van der Waals surface area contributed by atoms with Gasteiger partial charge in [0.1, 0.15) is 0 Å². The number of nitrogens with zero attached hydrogens (tertiary/aromatic N) is 2. The van der Waals surface area contributed by atoms with Gasteiger partial charge in [-0.25, -0.2) is 20.4 Å². The number of rotatable bonds is 1. The fourth-order valence-electron chi connectivity index (χ4n) is 0.689. The van der Waals surface area contributed by atoms with Crippen molar-refractivity contribution in [3.05, 3.63) is 12.4 Å². The Balaban J connectivity index is 2.37. The smallest absolute Gasteiger partial charge is 0.431 e. The van der Waals surface area contributed by atoms with Crippen molar-refractivity contribution in [2.75, 3.05) is 0 Å². The SMILES string of the molecule is Cn1cc(OC(=O)NNC(=O)O)cn1. The molecule has 76 valence electrons. The van der Waals surface area contributed by atoms with E-state index in [0.717, 1.165) is 0 Å². The average Bonchev–Trinajstić information content (AvgIpc) is 2.48. The Hall–Kier alpha value is -2.25. The summed E-state index contributed by atoms with van der Waals surface area (Å²) < 4.78 is 6.06. The van der Waals surface area contributed by atoms with Gasteiger partial charge < -0.3 is 9.84 Å². The Morgan fingerprint density at radius 2 is 2.29 bits per heavy atom. The van der Waals surface area contributed by atoms with Crippen LogP contribution in [0.25, 0.3) is 0 Å². The Bertz CT molecular complexity index is 347. The van der Waals surface area contributed by atoms with E-state index in [4.69, 9.17) is 5.11 Å². The molecule has 1 rings (SSSR count). The largest absolute Gasteiger partial charge is 0.464 e. The summed E-state index contributed by atoms with van der Waals surface area (Å²) in [5.74, 6) is 0.220. The second-order valence-electron chi connectivity index (χ2n) is 2.29. The second kappa shape index (κ2) is 4.12. The highest BCUT2D eigenvalue weighted by Crippen LogP contribution is 2.06. The minimum Gasteiger partial charge on any atom is -0.464 e. The predicted molar refractivity (Wildman–Crippen MR) is 43.5 cm³/mol. The Kier molecular flexibility index (Phi) is 2.89. The number of hydrogen-bond donors (Lipinski definition) is 3. The molecule has 2 amide bonds. The van der Waals surface area contributed by atoms with Crippen LogP contribution in [0.3, 0.4) is 0 Å². The molecular weight excluding hydrogens is 192 g/mol. The number of carboxylic acid groups (broad SMARTS) is 1. The van der Waals surface area contributed by atoms with Crippen LogP contribution < -0.4 is 15.6 Å². The van der Waals surface area contributed by atoms with E-state index in [1.807, 2.05) is 0 Å². The van der Waals surface area contributed by atoms with E-state index in [0.29, 0.717) is 0 Å². The predicted octanol–water partition coefficient (Wildman–Crippen LogP) is -0.309. The summed E-state index contributed by atoms with van der Waals surface area (Å²) in [6.07, 6.45) is 0.467. The molecule has 0 saturated heterocycles. The van der Waals surface area contributed by atoms with Crippen molar-refractivity contribution in [2.45, 2.75) is 0 Å². The van der Waals surface area contributed by atoms with Crippen molar-refractivity contribution in [1.82, 2.24) is 20.6 Å². The summed E-state index contributed by atoms with van der Waals surface area (Å²) in [6, 6.07) is 0. The lowest BCUT2D eigenvalue weighted by atomic mass is 10.7. The molecule has 0 radical (unpaired) electrons. The zero-order chi connectivity index (χ0) is 10.6.